The number of likely N-dealkylation sites (tertiary alicyclic amines) is 1. The van der Waals surface area contributed by atoms with Crippen molar-refractivity contribution in [1.82, 2.24) is 4.90 Å². The summed E-state index contributed by atoms with van der Waals surface area (Å²) in [6.45, 7) is 5.19. The van der Waals surface area contributed by atoms with Crippen LogP contribution in [0.2, 0.25) is 0 Å². The molecular formula is C25H35NO4. The van der Waals surface area contributed by atoms with E-state index in [1.807, 2.05) is 20.1 Å². The molecule has 6 aliphatic rings. The van der Waals surface area contributed by atoms with Crippen LogP contribution in [0, 0.1) is 11.3 Å². The molecule has 4 fully saturated rings. The van der Waals surface area contributed by atoms with Crippen molar-refractivity contribution >= 4 is 0 Å². The molecule has 2 N–H and O–H groups in total. The summed E-state index contributed by atoms with van der Waals surface area (Å²) in [6.07, 6.45) is 6.57. The van der Waals surface area contributed by atoms with Crippen LogP contribution < -0.4 is 4.74 Å². The zero-order valence-corrected chi connectivity index (χ0v) is 18.7. The molecule has 7 rings (SSSR count). The maximum Gasteiger partial charge on any atom is 0.165 e. The van der Waals surface area contributed by atoms with Gasteiger partial charge in [-0.1, -0.05) is 19.4 Å². The molecule has 4 bridgehead atoms. The van der Waals surface area contributed by atoms with Gasteiger partial charge in [-0.2, -0.15) is 0 Å². The van der Waals surface area contributed by atoms with Gasteiger partial charge in [-0.05, 0) is 70.7 Å². The molecule has 5 nitrogen and oxygen atoms in total. The third-order valence-corrected chi connectivity index (χ3v) is 10.1. The lowest BCUT2D eigenvalue weighted by atomic mass is 9.33. The number of phenolic OH excluding ortho intramolecular Hbond substituents is 1. The van der Waals surface area contributed by atoms with Crippen LogP contribution >= 0.6 is 0 Å². The van der Waals surface area contributed by atoms with E-state index >= 15 is 0 Å². The van der Waals surface area contributed by atoms with Gasteiger partial charge in [-0.3, -0.25) is 0 Å². The van der Waals surface area contributed by atoms with Crippen LogP contribution in [0.4, 0.5) is 0 Å². The fraction of sp³-hybridized carbons (Fsp3) is 0.760. The third kappa shape index (κ3) is 1.85. The van der Waals surface area contributed by atoms with Gasteiger partial charge in [-0.15, -0.1) is 0 Å². The normalized spacial score (nSPS) is 45.0. The first kappa shape index (κ1) is 19.4. The quantitative estimate of drug-likeness (QED) is 0.792. The second-order valence-electron chi connectivity index (χ2n) is 11.0. The van der Waals surface area contributed by atoms with E-state index in [-0.39, 0.29) is 28.6 Å². The number of hydrogen-bond donors (Lipinski definition) is 2. The van der Waals surface area contributed by atoms with E-state index in [1.165, 1.54) is 11.1 Å². The Balaban J connectivity index is 1.64. The second-order valence-corrected chi connectivity index (χ2v) is 11.0. The number of aromatic hydroxyl groups is 1. The molecule has 7 atom stereocenters. The van der Waals surface area contributed by atoms with Crippen LogP contribution in [0.25, 0.3) is 0 Å². The van der Waals surface area contributed by atoms with Crippen molar-refractivity contribution in [2.24, 2.45) is 11.3 Å². The number of methoxy groups -OCH3 is 1. The summed E-state index contributed by atoms with van der Waals surface area (Å²) in [4.78, 5) is 2.56. The van der Waals surface area contributed by atoms with E-state index in [2.05, 4.69) is 24.9 Å². The van der Waals surface area contributed by atoms with Gasteiger partial charge in [0.15, 0.2) is 11.5 Å². The average molecular weight is 414 g/mol. The predicted octanol–water partition coefficient (Wildman–Crippen LogP) is 3.39. The maximum absolute atomic E-state index is 11.7. The summed E-state index contributed by atoms with van der Waals surface area (Å²) >= 11 is 0. The SMILES string of the molecule is CCC[C@@](C)(O)[C@H]1CC23CC[C@]1(OC)[C@@H]1Oc4c(O)ccc5c4[C@@]12CCN(C)[C@@H]3C5. The van der Waals surface area contributed by atoms with Crippen molar-refractivity contribution in [2.45, 2.75) is 87.6 Å². The first-order valence-corrected chi connectivity index (χ1v) is 11.8. The second kappa shape index (κ2) is 5.73. The Bertz CT molecular complexity index is 915. The Morgan fingerprint density at radius 1 is 1.30 bits per heavy atom. The van der Waals surface area contributed by atoms with Crippen LogP contribution in [-0.2, 0) is 16.6 Å². The van der Waals surface area contributed by atoms with Gasteiger partial charge in [0.05, 0.1) is 5.60 Å². The van der Waals surface area contributed by atoms with Crippen LogP contribution in [0.3, 0.4) is 0 Å². The molecule has 30 heavy (non-hydrogen) atoms. The Hall–Kier alpha value is -1.30. The van der Waals surface area contributed by atoms with E-state index in [0.29, 0.717) is 11.8 Å². The minimum atomic E-state index is -0.798. The molecule has 2 aliphatic heterocycles. The van der Waals surface area contributed by atoms with Gasteiger partial charge in [0, 0.05) is 35.5 Å². The summed E-state index contributed by atoms with van der Waals surface area (Å²) in [5, 5.41) is 22.5. The lowest BCUT2D eigenvalue weighted by Gasteiger charge is -2.74. The molecule has 5 heteroatoms. The van der Waals surface area contributed by atoms with Gasteiger partial charge in [-0.25, -0.2) is 0 Å². The van der Waals surface area contributed by atoms with E-state index in [9.17, 15) is 10.2 Å². The van der Waals surface area contributed by atoms with Crippen molar-refractivity contribution in [2.75, 3.05) is 20.7 Å². The Morgan fingerprint density at radius 3 is 2.83 bits per heavy atom. The van der Waals surface area contributed by atoms with Crippen molar-refractivity contribution in [1.29, 1.82) is 0 Å². The highest BCUT2D eigenvalue weighted by Gasteiger charge is 2.81. The van der Waals surface area contributed by atoms with E-state index in [1.54, 1.807) is 0 Å². The molecule has 2 spiro atoms. The number of fused-ring (bicyclic) bond motifs is 2. The Morgan fingerprint density at radius 2 is 2.10 bits per heavy atom. The van der Waals surface area contributed by atoms with E-state index in [4.69, 9.17) is 9.47 Å². The molecule has 1 unspecified atom stereocenters. The molecule has 1 aromatic carbocycles. The van der Waals surface area contributed by atoms with Crippen molar-refractivity contribution in [3.8, 4) is 11.5 Å². The molecule has 164 valence electrons. The smallest absolute Gasteiger partial charge is 0.165 e. The zero-order valence-electron chi connectivity index (χ0n) is 18.7. The lowest BCUT2D eigenvalue weighted by molar-refractivity contribution is -0.301. The number of phenols is 1. The largest absolute Gasteiger partial charge is 0.504 e. The Kier molecular flexibility index (Phi) is 3.70. The average Bonchev–Trinajstić information content (AvgIpc) is 3.09. The fourth-order valence-electron chi connectivity index (χ4n) is 9.09. The maximum atomic E-state index is 11.7. The predicted molar refractivity (Wildman–Crippen MR) is 114 cm³/mol. The lowest BCUT2D eigenvalue weighted by Crippen LogP contribution is -2.82. The number of hydrogen-bond acceptors (Lipinski definition) is 5. The first-order chi connectivity index (χ1) is 14.3. The summed E-state index contributed by atoms with van der Waals surface area (Å²) in [5.41, 5.74) is 1.21. The van der Waals surface area contributed by atoms with Gasteiger partial charge in [0.1, 0.15) is 11.7 Å². The molecule has 0 amide bonds. The number of piperidine rings is 1. The van der Waals surface area contributed by atoms with E-state index in [0.717, 1.165) is 51.5 Å². The molecule has 3 saturated carbocycles. The number of nitrogens with zero attached hydrogens (tertiary/aromatic N) is 1. The number of likely N-dealkylation sites (N-methyl/N-ethyl adjacent to an activating group) is 1. The molecule has 0 aromatic heterocycles. The van der Waals surface area contributed by atoms with Gasteiger partial charge in [0.25, 0.3) is 0 Å². The van der Waals surface area contributed by atoms with Crippen molar-refractivity contribution < 1.29 is 19.7 Å². The van der Waals surface area contributed by atoms with E-state index < -0.39 is 11.2 Å². The number of ether oxygens (including phenoxy) is 2. The highest BCUT2D eigenvalue weighted by molar-refractivity contribution is 5.63. The monoisotopic (exact) mass is 413 g/mol. The molecule has 0 radical (unpaired) electrons. The fourth-order valence-corrected chi connectivity index (χ4v) is 9.09. The summed E-state index contributed by atoms with van der Waals surface area (Å²) < 4.78 is 13.2. The number of rotatable bonds is 4. The van der Waals surface area contributed by atoms with Gasteiger partial charge < -0.3 is 24.6 Å². The molecule has 4 aliphatic carbocycles. The zero-order chi connectivity index (χ0) is 21.1. The van der Waals surface area contributed by atoms with Gasteiger partial charge >= 0.3 is 0 Å². The minimum absolute atomic E-state index is 0.0221. The van der Waals surface area contributed by atoms with Crippen LogP contribution in [0.15, 0.2) is 12.1 Å². The topological polar surface area (TPSA) is 62.2 Å². The molecule has 2 heterocycles. The highest BCUT2D eigenvalue weighted by Crippen LogP contribution is 2.77. The first-order valence-electron chi connectivity index (χ1n) is 11.8. The van der Waals surface area contributed by atoms with Crippen LogP contribution in [-0.4, -0.2) is 59.2 Å². The minimum Gasteiger partial charge on any atom is -0.504 e. The van der Waals surface area contributed by atoms with Crippen molar-refractivity contribution in [3.63, 3.8) is 0 Å². The number of benzene rings is 1. The number of aliphatic hydroxyl groups is 1. The summed E-state index contributed by atoms with van der Waals surface area (Å²) in [5.74, 6) is 0.977. The molecule has 1 aromatic rings. The molecular weight excluding hydrogens is 378 g/mol. The third-order valence-electron chi connectivity index (χ3n) is 10.1. The van der Waals surface area contributed by atoms with Crippen LogP contribution in [0.1, 0.15) is 63.5 Å². The summed E-state index contributed by atoms with van der Waals surface area (Å²) in [6, 6.07) is 4.37. The Labute approximate surface area is 179 Å². The summed E-state index contributed by atoms with van der Waals surface area (Å²) in [7, 11) is 4.09. The van der Waals surface area contributed by atoms with Crippen LogP contribution in [0.5, 0.6) is 11.5 Å². The van der Waals surface area contributed by atoms with Gasteiger partial charge in [0.2, 0.25) is 0 Å². The van der Waals surface area contributed by atoms with Crippen molar-refractivity contribution in [3.05, 3.63) is 23.3 Å². The highest BCUT2D eigenvalue weighted by atomic mass is 16.6. The molecule has 1 saturated heterocycles. The standard InChI is InChI=1S/C25H35NO4/c1-5-8-22(2,28)17-14-23-9-10-25(17,29-4)21-24(23)11-12-26(3)18(23)13-15-6-7-16(27)20(30-21)19(15)24/h6-7,17-18,21,27-28H,5,8-14H2,1-4H3/t17-,18-,21-,22-,23?,24+,25-/m1/s1.